The summed E-state index contributed by atoms with van der Waals surface area (Å²) in [7, 11) is 0. The number of carbonyl (C=O) groups is 1. The maximum Gasteiger partial charge on any atom is 0.272 e. The first-order valence-electron chi connectivity index (χ1n) is 7.62. The van der Waals surface area contributed by atoms with Crippen LogP contribution in [0.15, 0.2) is 0 Å². The molecule has 20 heavy (non-hydrogen) atoms. The number of nitrogens with one attached hydrogen (secondary N) is 3. The molecule has 0 atom stereocenters. The van der Waals surface area contributed by atoms with Gasteiger partial charge in [0.2, 0.25) is 0 Å². The highest BCUT2D eigenvalue weighted by atomic mass is 16.1. The van der Waals surface area contributed by atoms with E-state index in [1.54, 1.807) is 0 Å². The number of nitrogens with zero attached hydrogens (tertiary/aromatic N) is 2. The van der Waals surface area contributed by atoms with Crippen molar-refractivity contribution in [3.8, 4) is 0 Å². The zero-order valence-electron chi connectivity index (χ0n) is 11.9. The molecule has 2 aliphatic heterocycles. The van der Waals surface area contributed by atoms with E-state index in [-0.39, 0.29) is 5.91 Å². The monoisotopic (exact) mass is 277 g/mol. The lowest BCUT2D eigenvalue weighted by Gasteiger charge is -2.26. The Morgan fingerprint density at radius 3 is 3.00 bits per heavy atom. The molecular formula is C14H23N5O. The Balaban J connectivity index is 1.50. The number of amides is 1. The van der Waals surface area contributed by atoms with Crippen molar-refractivity contribution in [3.05, 3.63) is 17.0 Å². The largest absolute Gasteiger partial charge is 0.349 e. The Kier molecular flexibility index (Phi) is 4.32. The van der Waals surface area contributed by atoms with Gasteiger partial charge in [-0.2, -0.15) is 5.10 Å². The number of hydrogen-bond acceptors (Lipinski definition) is 4. The molecule has 0 bridgehead atoms. The van der Waals surface area contributed by atoms with E-state index in [9.17, 15) is 4.79 Å². The van der Waals surface area contributed by atoms with Crippen LogP contribution in [-0.2, 0) is 13.0 Å². The van der Waals surface area contributed by atoms with Crippen molar-refractivity contribution in [1.82, 2.24) is 25.7 Å². The van der Waals surface area contributed by atoms with E-state index in [4.69, 9.17) is 0 Å². The zero-order valence-corrected chi connectivity index (χ0v) is 11.9. The van der Waals surface area contributed by atoms with E-state index in [1.165, 1.54) is 19.3 Å². The Bertz CT molecular complexity index is 464. The number of fused-ring (bicyclic) bond motifs is 1. The van der Waals surface area contributed by atoms with Crippen LogP contribution >= 0.6 is 0 Å². The maximum atomic E-state index is 12.2. The molecule has 0 aromatic carbocycles. The van der Waals surface area contributed by atoms with Crippen molar-refractivity contribution in [2.75, 3.05) is 32.7 Å². The lowest BCUT2D eigenvalue weighted by molar-refractivity contribution is 0.0940. The third kappa shape index (κ3) is 3.02. The number of hydrogen-bond donors (Lipinski definition) is 3. The van der Waals surface area contributed by atoms with Crippen LogP contribution in [0.3, 0.4) is 0 Å². The summed E-state index contributed by atoms with van der Waals surface area (Å²) < 4.78 is 0. The van der Waals surface area contributed by atoms with Crippen LogP contribution in [0.25, 0.3) is 0 Å². The Morgan fingerprint density at radius 2 is 2.15 bits per heavy atom. The fourth-order valence-electron chi connectivity index (χ4n) is 3.01. The van der Waals surface area contributed by atoms with Crippen molar-refractivity contribution < 1.29 is 4.79 Å². The number of rotatable bonds is 4. The van der Waals surface area contributed by atoms with Crippen LogP contribution < -0.4 is 10.6 Å². The molecule has 3 heterocycles. The van der Waals surface area contributed by atoms with Crippen LogP contribution in [0, 0.1) is 0 Å². The van der Waals surface area contributed by atoms with Crippen molar-refractivity contribution >= 4 is 5.91 Å². The Labute approximate surface area is 119 Å². The molecule has 1 fully saturated rings. The molecule has 0 saturated carbocycles. The number of aromatic nitrogens is 2. The SMILES string of the molecule is O=C(NCCN1CCCCC1)c1n[nH]c2c1CNCC2. The molecule has 6 nitrogen and oxygen atoms in total. The lowest BCUT2D eigenvalue weighted by atomic mass is 10.1. The van der Waals surface area contributed by atoms with Crippen LogP contribution in [0.2, 0.25) is 0 Å². The highest BCUT2D eigenvalue weighted by Gasteiger charge is 2.21. The second-order valence-electron chi connectivity index (χ2n) is 5.61. The first kappa shape index (κ1) is 13.6. The van der Waals surface area contributed by atoms with Gasteiger partial charge in [0.25, 0.3) is 5.91 Å². The van der Waals surface area contributed by atoms with Crippen LogP contribution in [0.4, 0.5) is 0 Å². The molecule has 0 radical (unpaired) electrons. The summed E-state index contributed by atoms with van der Waals surface area (Å²) in [4.78, 5) is 14.6. The maximum absolute atomic E-state index is 12.2. The predicted octanol–water partition coefficient (Wildman–Crippen LogP) is 0.271. The average molecular weight is 277 g/mol. The van der Waals surface area contributed by atoms with Gasteiger partial charge >= 0.3 is 0 Å². The summed E-state index contributed by atoms with van der Waals surface area (Å²) >= 11 is 0. The number of aromatic amines is 1. The van der Waals surface area contributed by atoms with Crippen molar-refractivity contribution in [2.45, 2.75) is 32.2 Å². The summed E-state index contributed by atoms with van der Waals surface area (Å²) in [5, 5.41) is 13.4. The van der Waals surface area contributed by atoms with Gasteiger partial charge in [-0.25, -0.2) is 0 Å². The molecule has 0 aliphatic carbocycles. The first-order valence-corrected chi connectivity index (χ1v) is 7.62. The van der Waals surface area contributed by atoms with E-state index in [0.717, 1.165) is 50.4 Å². The van der Waals surface area contributed by atoms with Crippen LogP contribution in [0.5, 0.6) is 0 Å². The highest BCUT2D eigenvalue weighted by molar-refractivity contribution is 5.94. The second kappa shape index (κ2) is 6.37. The minimum atomic E-state index is -0.0526. The van der Waals surface area contributed by atoms with Crippen molar-refractivity contribution in [2.24, 2.45) is 0 Å². The van der Waals surface area contributed by atoms with Gasteiger partial charge in [0.1, 0.15) is 0 Å². The molecule has 3 rings (SSSR count). The van der Waals surface area contributed by atoms with E-state index < -0.39 is 0 Å². The van der Waals surface area contributed by atoms with Crippen LogP contribution in [0.1, 0.15) is 41.0 Å². The molecule has 1 aromatic heterocycles. The lowest BCUT2D eigenvalue weighted by Crippen LogP contribution is -2.38. The minimum absolute atomic E-state index is 0.0526. The quantitative estimate of drug-likeness (QED) is 0.739. The molecule has 3 N–H and O–H groups in total. The molecule has 0 spiro atoms. The fraction of sp³-hybridized carbons (Fsp3) is 0.714. The topological polar surface area (TPSA) is 73.0 Å². The Morgan fingerprint density at radius 1 is 1.30 bits per heavy atom. The van der Waals surface area contributed by atoms with Gasteiger partial charge in [-0.15, -0.1) is 0 Å². The zero-order chi connectivity index (χ0) is 13.8. The molecule has 0 unspecified atom stereocenters. The molecular weight excluding hydrogens is 254 g/mol. The summed E-state index contributed by atoms with van der Waals surface area (Å²) in [6.45, 7) is 5.66. The van der Waals surface area contributed by atoms with E-state index in [0.29, 0.717) is 12.2 Å². The highest BCUT2D eigenvalue weighted by Crippen LogP contribution is 2.15. The van der Waals surface area contributed by atoms with Crippen molar-refractivity contribution in [1.29, 1.82) is 0 Å². The predicted molar refractivity (Wildman–Crippen MR) is 76.6 cm³/mol. The van der Waals surface area contributed by atoms with Gasteiger partial charge in [-0.05, 0) is 25.9 Å². The van der Waals surface area contributed by atoms with Gasteiger partial charge in [0.05, 0.1) is 0 Å². The molecule has 1 saturated heterocycles. The van der Waals surface area contributed by atoms with E-state index >= 15 is 0 Å². The average Bonchev–Trinajstić information content (AvgIpc) is 2.92. The van der Waals surface area contributed by atoms with E-state index in [1.807, 2.05) is 0 Å². The fourth-order valence-corrected chi connectivity index (χ4v) is 3.01. The number of likely N-dealkylation sites (tertiary alicyclic amines) is 1. The number of piperidine rings is 1. The van der Waals surface area contributed by atoms with Gasteiger partial charge in [-0.1, -0.05) is 6.42 Å². The normalized spacial score (nSPS) is 19.6. The molecule has 1 amide bonds. The molecule has 110 valence electrons. The molecule has 6 heteroatoms. The Hall–Kier alpha value is -1.40. The third-order valence-electron chi connectivity index (χ3n) is 4.18. The summed E-state index contributed by atoms with van der Waals surface area (Å²) in [5.74, 6) is -0.0526. The summed E-state index contributed by atoms with van der Waals surface area (Å²) in [5.41, 5.74) is 2.70. The number of carbonyl (C=O) groups excluding carboxylic acids is 1. The van der Waals surface area contributed by atoms with Gasteiger partial charge < -0.3 is 15.5 Å². The van der Waals surface area contributed by atoms with E-state index in [2.05, 4.69) is 25.7 Å². The standard InChI is InChI=1S/C14H23N5O/c20-14(16-6-9-19-7-2-1-3-8-19)13-11-10-15-5-4-12(11)17-18-13/h15H,1-10H2,(H,16,20)(H,17,18). The summed E-state index contributed by atoms with van der Waals surface area (Å²) in [6.07, 6.45) is 4.83. The first-order chi connectivity index (χ1) is 9.84. The minimum Gasteiger partial charge on any atom is -0.349 e. The van der Waals surface area contributed by atoms with Gasteiger partial charge in [0, 0.05) is 43.9 Å². The van der Waals surface area contributed by atoms with Crippen molar-refractivity contribution in [3.63, 3.8) is 0 Å². The van der Waals surface area contributed by atoms with Gasteiger partial charge in [0.15, 0.2) is 5.69 Å². The molecule has 2 aliphatic rings. The smallest absolute Gasteiger partial charge is 0.272 e. The third-order valence-corrected chi connectivity index (χ3v) is 4.18. The number of H-pyrrole nitrogens is 1. The second-order valence-corrected chi connectivity index (χ2v) is 5.61. The molecule has 1 aromatic rings. The summed E-state index contributed by atoms with van der Waals surface area (Å²) in [6, 6.07) is 0. The van der Waals surface area contributed by atoms with Crippen LogP contribution in [-0.4, -0.2) is 53.7 Å². The van der Waals surface area contributed by atoms with Gasteiger partial charge in [-0.3, -0.25) is 9.89 Å².